The largest absolute Gasteiger partial charge is 0.379 e. The molecule has 1 aromatic rings. The first-order valence-corrected chi connectivity index (χ1v) is 7.92. The highest BCUT2D eigenvalue weighted by Gasteiger charge is 2.31. The van der Waals surface area contributed by atoms with Gasteiger partial charge < -0.3 is 10.1 Å². The van der Waals surface area contributed by atoms with Gasteiger partial charge in [0.2, 0.25) is 0 Å². The monoisotopic (exact) mass is 347 g/mol. The van der Waals surface area contributed by atoms with E-state index in [1.807, 2.05) is 7.05 Å². The summed E-state index contributed by atoms with van der Waals surface area (Å²) in [5, 5.41) is 7.73. The molecule has 0 bridgehead atoms. The van der Waals surface area contributed by atoms with Gasteiger partial charge >= 0.3 is 0 Å². The van der Waals surface area contributed by atoms with Gasteiger partial charge in [-0.15, -0.1) is 0 Å². The predicted octanol–water partition coefficient (Wildman–Crippen LogP) is 2.39. The molecule has 0 aliphatic carbocycles. The summed E-state index contributed by atoms with van der Waals surface area (Å²) in [7, 11) is 1.87. The predicted molar refractivity (Wildman–Crippen MR) is 80.7 cm³/mol. The van der Waals surface area contributed by atoms with Crippen LogP contribution in [0.5, 0.6) is 0 Å². The molecule has 2 rings (SSSR count). The molecule has 2 atom stereocenters. The number of halogens is 2. The highest BCUT2D eigenvalue weighted by molar-refractivity contribution is 9.10. The van der Waals surface area contributed by atoms with Crippen LogP contribution in [-0.4, -0.2) is 41.2 Å². The second kappa shape index (κ2) is 6.54. The van der Waals surface area contributed by atoms with E-state index in [0.717, 1.165) is 28.8 Å². The van der Waals surface area contributed by atoms with E-state index in [4.69, 9.17) is 4.74 Å². The molecule has 0 radical (unpaired) electrons. The second-order valence-electron chi connectivity index (χ2n) is 5.70. The van der Waals surface area contributed by atoms with Crippen molar-refractivity contribution in [2.45, 2.75) is 44.8 Å². The van der Waals surface area contributed by atoms with Gasteiger partial charge in [-0.3, -0.25) is 4.68 Å². The molecular formula is C14H23BrFN3O. The van der Waals surface area contributed by atoms with E-state index in [2.05, 4.69) is 33.3 Å². The van der Waals surface area contributed by atoms with Crippen molar-refractivity contribution in [1.29, 1.82) is 0 Å². The average Bonchev–Trinajstić information content (AvgIpc) is 2.66. The third-order valence-corrected chi connectivity index (χ3v) is 4.62. The van der Waals surface area contributed by atoms with Crippen LogP contribution in [0.15, 0.2) is 4.47 Å². The lowest BCUT2D eigenvalue weighted by atomic mass is 9.93. The van der Waals surface area contributed by atoms with Crippen molar-refractivity contribution in [3.05, 3.63) is 15.9 Å². The smallest absolute Gasteiger partial charge is 0.115 e. The molecule has 0 aromatic carbocycles. The van der Waals surface area contributed by atoms with Gasteiger partial charge in [0, 0.05) is 26.1 Å². The Labute approximate surface area is 128 Å². The summed E-state index contributed by atoms with van der Waals surface area (Å²) in [6, 6.07) is 0.0939. The Morgan fingerprint density at radius 3 is 2.90 bits per heavy atom. The highest BCUT2D eigenvalue weighted by atomic mass is 79.9. The fraction of sp³-hybridized carbons (Fsp3) is 0.786. The first kappa shape index (κ1) is 15.9. The lowest BCUT2D eigenvalue weighted by Crippen LogP contribution is -2.45. The maximum absolute atomic E-state index is 14.9. The van der Waals surface area contributed by atoms with Crippen LogP contribution in [0.4, 0.5) is 4.39 Å². The average molecular weight is 348 g/mol. The number of ether oxygens (including phenoxy) is 1. The van der Waals surface area contributed by atoms with Gasteiger partial charge in [-0.05, 0) is 35.7 Å². The molecule has 114 valence electrons. The Hall–Kier alpha value is -0.460. The van der Waals surface area contributed by atoms with Crippen molar-refractivity contribution >= 4 is 15.9 Å². The molecule has 4 nitrogen and oxygen atoms in total. The lowest BCUT2D eigenvalue weighted by Gasteiger charge is -2.30. The topological polar surface area (TPSA) is 39.1 Å². The number of rotatable bonds is 5. The zero-order valence-electron chi connectivity index (χ0n) is 12.4. The van der Waals surface area contributed by atoms with Crippen molar-refractivity contribution < 1.29 is 9.13 Å². The Balaban J connectivity index is 2.05. The van der Waals surface area contributed by atoms with Crippen molar-refractivity contribution in [1.82, 2.24) is 15.1 Å². The summed E-state index contributed by atoms with van der Waals surface area (Å²) in [6.45, 7) is 5.82. The van der Waals surface area contributed by atoms with Gasteiger partial charge in [-0.1, -0.05) is 6.92 Å². The minimum absolute atomic E-state index is 0.0939. The molecule has 1 fully saturated rings. The fourth-order valence-electron chi connectivity index (χ4n) is 2.70. The molecule has 0 saturated carbocycles. The molecule has 0 spiro atoms. The van der Waals surface area contributed by atoms with Crippen LogP contribution in [0, 0.1) is 0 Å². The third-order valence-electron chi connectivity index (χ3n) is 3.71. The molecule has 1 aromatic heterocycles. The zero-order chi connectivity index (χ0) is 14.8. The van der Waals surface area contributed by atoms with Gasteiger partial charge in [0.15, 0.2) is 0 Å². The Morgan fingerprint density at radius 1 is 1.60 bits per heavy atom. The minimum atomic E-state index is -1.28. The number of hydrogen-bond donors (Lipinski definition) is 1. The number of alkyl halides is 1. The molecule has 20 heavy (non-hydrogen) atoms. The number of aryl methyl sites for hydroxylation is 2. The Kier molecular flexibility index (Phi) is 5.20. The summed E-state index contributed by atoms with van der Waals surface area (Å²) < 4.78 is 23.0. The normalized spacial score (nSPS) is 22.8. The maximum atomic E-state index is 14.9. The Morgan fingerprint density at radius 2 is 2.35 bits per heavy atom. The van der Waals surface area contributed by atoms with Crippen LogP contribution in [0.25, 0.3) is 0 Å². The lowest BCUT2D eigenvalue weighted by molar-refractivity contribution is 0.0478. The molecule has 1 saturated heterocycles. The zero-order valence-corrected chi connectivity index (χ0v) is 14.0. The summed E-state index contributed by atoms with van der Waals surface area (Å²) in [5.74, 6) is 0. The van der Waals surface area contributed by atoms with Crippen molar-refractivity contribution in [2.24, 2.45) is 7.05 Å². The van der Waals surface area contributed by atoms with E-state index in [1.165, 1.54) is 0 Å². The van der Waals surface area contributed by atoms with Crippen LogP contribution in [0.1, 0.15) is 31.7 Å². The quantitative estimate of drug-likeness (QED) is 0.888. The molecule has 6 heteroatoms. The van der Waals surface area contributed by atoms with Crippen LogP contribution in [-0.2, 0) is 24.6 Å². The van der Waals surface area contributed by atoms with E-state index in [9.17, 15) is 4.39 Å². The van der Waals surface area contributed by atoms with Crippen molar-refractivity contribution in [2.75, 3.05) is 19.8 Å². The van der Waals surface area contributed by atoms with Crippen molar-refractivity contribution in [3.8, 4) is 0 Å². The third kappa shape index (κ3) is 3.80. The number of nitrogens with one attached hydrogen (secondary N) is 1. The SMILES string of the molecule is CCc1nn(C)c(CC(C)(F)CC2COCCN2)c1Br. The summed E-state index contributed by atoms with van der Waals surface area (Å²) >= 11 is 3.55. The van der Waals surface area contributed by atoms with Crippen LogP contribution >= 0.6 is 15.9 Å². The van der Waals surface area contributed by atoms with Crippen LogP contribution in [0.2, 0.25) is 0 Å². The van der Waals surface area contributed by atoms with Gasteiger partial charge in [0.25, 0.3) is 0 Å². The summed E-state index contributed by atoms with van der Waals surface area (Å²) in [5.41, 5.74) is 0.626. The maximum Gasteiger partial charge on any atom is 0.115 e. The van der Waals surface area contributed by atoms with E-state index >= 15 is 0 Å². The summed E-state index contributed by atoms with van der Waals surface area (Å²) in [6.07, 6.45) is 1.65. The number of hydrogen-bond acceptors (Lipinski definition) is 3. The molecule has 1 aliphatic rings. The van der Waals surface area contributed by atoms with Gasteiger partial charge in [-0.2, -0.15) is 5.10 Å². The summed E-state index contributed by atoms with van der Waals surface area (Å²) in [4.78, 5) is 0. The molecule has 2 unspecified atom stereocenters. The fourth-order valence-corrected chi connectivity index (χ4v) is 3.45. The molecule has 1 aliphatic heterocycles. The van der Waals surface area contributed by atoms with Crippen LogP contribution in [0.3, 0.4) is 0 Å². The van der Waals surface area contributed by atoms with Gasteiger partial charge in [0.05, 0.1) is 29.1 Å². The highest BCUT2D eigenvalue weighted by Crippen LogP contribution is 2.29. The van der Waals surface area contributed by atoms with Gasteiger partial charge in [-0.25, -0.2) is 4.39 Å². The standard InChI is InChI=1S/C14H23BrFN3O/c1-4-11-13(15)12(19(3)18-11)8-14(2,16)7-10-9-20-6-5-17-10/h10,17H,4-9H2,1-3H3. The van der Waals surface area contributed by atoms with E-state index in [-0.39, 0.29) is 6.04 Å². The molecule has 0 amide bonds. The van der Waals surface area contributed by atoms with Crippen LogP contribution < -0.4 is 5.32 Å². The Bertz CT molecular complexity index is 456. The van der Waals surface area contributed by atoms with Crippen molar-refractivity contribution in [3.63, 3.8) is 0 Å². The second-order valence-corrected chi connectivity index (χ2v) is 6.50. The first-order chi connectivity index (χ1) is 9.43. The van der Waals surface area contributed by atoms with E-state index < -0.39 is 5.67 Å². The number of aromatic nitrogens is 2. The number of morpholine rings is 1. The number of nitrogens with zero attached hydrogens (tertiary/aromatic N) is 2. The molecule has 2 heterocycles. The molecule has 1 N–H and O–H groups in total. The molecular weight excluding hydrogens is 325 g/mol. The first-order valence-electron chi connectivity index (χ1n) is 7.13. The minimum Gasteiger partial charge on any atom is -0.379 e. The van der Waals surface area contributed by atoms with E-state index in [1.54, 1.807) is 11.6 Å². The van der Waals surface area contributed by atoms with Gasteiger partial charge in [0.1, 0.15) is 5.67 Å². The van der Waals surface area contributed by atoms with E-state index in [0.29, 0.717) is 26.1 Å².